The highest BCUT2D eigenvalue weighted by molar-refractivity contribution is 6.74. The quantitative estimate of drug-likeness (QED) is 0.594. The number of hydrogen-bond acceptors (Lipinski definition) is 6. The summed E-state index contributed by atoms with van der Waals surface area (Å²) in [5.41, 5.74) is 0.938. The van der Waals surface area contributed by atoms with Crippen LogP contribution in [0.1, 0.15) is 43.7 Å². The van der Waals surface area contributed by atoms with E-state index in [1.807, 2.05) is 0 Å². The molecular formula is C14H25N3O3Si. The van der Waals surface area contributed by atoms with Gasteiger partial charge in [0.05, 0.1) is 12.8 Å². The molecule has 0 amide bonds. The minimum Gasteiger partial charge on any atom is -0.461 e. The Labute approximate surface area is 127 Å². The Morgan fingerprint density at radius 1 is 1.33 bits per heavy atom. The fourth-order valence-electron chi connectivity index (χ4n) is 1.48. The van der Waals surface area contributed by atoms with Gasteiger partial charge in [-0.2, -0.15) is 0 Å². The van der Waals surface area contributed by atoms with Gasteiger partial charge in [-0.05, 0) is 36.7 Å². The molecule has 118 valence electrons. The number of hydrogen-bond donors (Lipinski definition) is 0. The molecule has 0 radical (unpaired) electrons. The van der Waals surface area contributed by atoms with Crippen LogP contribution in [0.15, 0.2) is 6.20 Å². The zero-order valence-corrected chi connectivity index (χ0v) is 14.8. The first-order chi connectivity index (χ1) is 9.69. The number of aromatic nitrogens is 3. The van der Waals surface area contributed by atoms with Crippen LogP contribution in [0, 0.1) is 0 Å². The van der Waals surface area contributed by atoms with Gasteiger partial charge in [0.25, 0.3) is 0 Å². The Morgan fingerprint density at radius 3 is 2.57 bits per heavy atom. The van der Waals surface area contributed by atoms with Crippen molar-refractivity contribution in [1.29, 1.82) is 0 Å². The van der Waals surface area contributed by atoms with E-state index in [-0.39, 0.29) is 10.7 Å². The fraction of sp³-hybridized carbons (Fsp3) is 0.714. The summed E-state index contributed by atoms with van der Waals surface area (Å²) in [5, 5.41) is 11.2. The van der Waals surface area contributed by atoms with Crippen LogP contribution in [-0.4, -0.2) is 42.9 Å². The molecule has 7 heteroatoms. The van der Waals surface area contributed by atoms with E-state index in [0.29, 0.717) is 25.2 Å². The molecular weight excluding hydrogens is 286 g/mol. The Morgan fingerprint density at radius 2 is 2.00 bits per heavy atom. The first-order valence-electron chi connectivity index (χ1n) is 7.17. The van der Waals surface area contributed by atoms with Crippen molar-refractivity contribution in [2.45, 2.75) is 52.2 Å². The maximum atomic E-state index is 11.8. The van der Waals surface area contributed by atoms with Crippen molar-refractivity contribution in [2.75, 3.05) is 13.2 Å². The average Bonchev–Trinajstić information content (AvgIpc) is 2.38. The molecule has 0 unspecified atom stereocenters. The average molecular weight is 311 g/mol. The van der Waals surface area contributed by atoms with Crippen molar-refractivity contribution in [3.8, 4) is 0 Å². The van der Waals surface area contributed by atoms with Gasteiger partial charge in [-0.15, -0.1) is 10.2 Å². The lowest BCUT2D eigenvalue weighted by Gasteiger charge is -2.36. The van der Waals surface area contributed by atoms with Gasteiger partial charge in [0.15, 0.2) is 14.0 Å². The van der Waals surface area contributed by atoms with Crippen molar-refractivity contribution in [3.05, 3.63) is 17.5 Å². The van der Waals surface area contributed by atoms with Gasteiger partial charge in [-0.1, -0.05) is 20.8 Å². The molecule has 21 heavy (non-hydrogen) atoms. The highest BCUT2D eigenvalue weighted by atomic mass is 28.4. The van der Waals surface area contributed by atoms with E-state index < -0.39 is 14.3 Å². The predicted molar refractivity (Wildman–Crippen MR) is 82.6 cm³/mol. The summed E-state index contributed by atoms with van der Waals surface area (Å²) in [6.45, 7) is 13.6. The van der Waals surface area contributed by atoms with Crippen molar-refractivity contribution < 1.29 is 14.0 Å². The van der Waals surface area contributed by atoms with Crippen molar-refractivity contribution in [3.63, 3.8) is 0 Å². The third-order valence-corrected chi connectivity index (χ3v) is 8.36. The molecule has 0 fully saturated rings. The summed E-state index contributed by atoms with van der Waals surface area (Å²) in [6.07, 6.45) is 2.12. The zero-order chi connectivity index (χ0) is 16.1. The van der Waals surface area contributed by atoms with Crippen LogP contribution in [0.4, 0.5) is 0 Å². The fourth-order valence-corrected chi connectivity index (χ4v) is 2.52. The number of carbonyl (C=O) groups is 1. The molecule has 0 bridgehead atoms. The van der Waals surface area contributed by atoms with Gasteiger partial charge in [0, 0.05) is 12.2 Å². The third-order valence-electron chi connectivity index (χ3n) is 3.82. The van der Waals surface area contributed by atoms with Gasteiger partial charge in [-0.25, -0.2) is 4.79 Å². The highest BCUT2D eigenvalue weighted by Crippen LogP contribution is 2.36. The second-order valence-corrected chi connectivity index (χ2v) is 11.2. The molecule has 0 aliphatic rings. The van der Waals surface area contributed by atoms with Gasteiger partial charge >= 0.3 is 5.97 Å². The summed E-state index contributed by atoms with van der Waals surface area (Å²) in [5.74, 6) is -0.463. The lowest BCUT2D eigenvalue weighted by Crippen LogP contribution is -2.41. The van der Waals surface area contributed by atoms with E-state index in [2.05, 4.69) is 49.3 Å². The second-order valence-electron chi connectivity index (χ2n) is 6.39. The number of carbonyl (C=O) groups excluding carboxylic acids is 1. The van der Waals surface area contributed by atoms with Gasteiger partial charge in [-0.3, -0.25) is 0 Å². The summed E-state index contributed by atoms with van der Waals surface area (Å²) in [4.78, 5) is 11.8. The molecule has 0 atom stereocenters. The molecule has 1 aromatic rings. The van der Waals surface area contributed by atoms with Crippen LogP contribution >= 0.6 is 0 Å². The van der Waals surface area contributed by atoms with E-state index in [1.54, 1.807) is 13.1 Å². The monoisotopic (exact) mass is 311 g/mol. The van der Waals surface area contributed by atoms with Crippen molar-refractivity contribution in [2.24, 2.45) is 0 Å². The molecule has 0 aromatic carbocycles. The number of ether oxygens (including phenoxy) is 1. The Bertz CT molecular complexity index is 487. The molecule has 1 heterocycles. The molecule has 0 N–H and O–H groups in total. The summed E-state index contributed by atoms with van der Waals surface area (Å²) in [7, 11) is -1.79. The minimum atomic E-state index is -1.79. The molecule has 1 aromatic heterocycles. The van der Waals surface area contributed by atoms with Crippen LogP contribution in [-0.2, 0) is 15.6 Å². The predicted octanol–water partition coefficient (Wildman–Crippen LogP) is 2.61. The number of rotatable bonds is 6. The summed E-state index contributed by atoms with van der Waals surface area (Å²) >= 11 is 0. The van der Waals surface area contributed by atoms with Gasteiger partial charge < -0.3 is 9.16 Å². The van der Waals surface area contributed by atoms with Crippen LogP contribution in [0.3, 0.4) is 0 Å². The van der Waals surface area contributed by atoms with Crippen LogP contribution in [0.2, 0.25) is 18.1 Å². The molecule has 6 nitrogen and oxygen atoms in total. The lowest BCUT2D eigenvalue weighted by molar-refractivity contribution is 0.0515. The Balaban J connectivity index is 2.71. The normalized spacial score (nSPS) is 12.3. The summed E-state index contributed by atoms with van der Waals surface area (Å²) < 4.78 is 11.1. The Kier molecular flexibility index (Phi) is 5.97. The van der Waals surface area contributed by atoms with Crippen molar-refractivity contribution >= 4 is 14.3 Å². The largest absolute Gasteiger partial charge is 0.461 e. The van der Waals surface area contributed by atoms with E-state index >= 15 is 0 Å². The third kappa shape index (κ3) is 4.85. The molecule has 0 saturated carbocycles. The molecule has 0 spiro atoms. The smallest absolute Gasteiger partial charge is 0.359 e. The van der Waals surface area contributed by atoms with Crippen LogP contribution < -0.4 is 0 Å². The van der Waals surface area contributed by atoms with E-state index in [9.17, 15) is 4.79 Å². The number of nitrogens with zero attached hydrogens (tertiary/aromatic N) is 3. The van der Waals surface area contributed by atoms with Crippen molar-refractivity contribution in [1.82, 2.24) is 15.4 Å². The Hall–Kier alpha value is -1.34. The maximum Gasteiger partial charge on any atom is 0.359 e. The first-order valence-corrected chi connectivity index (χ1v) is 10.1. The minimum absolute atomic E-state index is 0.158. The van der Waals surface area contributed by atoms with E-state index in [1.165, 1.54) is 0 Å². The molecule has 0 aliphatic heterocycles. The highest BCUT2D eigenvalue weighted by Gasteiger charge is 2.36. The zero-order valence-electron chi connectivity index (χ0n) is 13.8. The van der Waals surface area contributed by atoms with Crippen LogP contribution in [0.5, 0.6) is 0 Å². The molecule has 0 aliphatic carbocycles. The second kappa shape index (κ2) is 7.08. The van der Waals surface area contributed by atoms with E-state index in [4.69, 9.17) is 9.16 Å². The molecule has 1 rings (SSSR count). The first kappa shape index (κ1) is 17.7. The van der Waals surface area contributed by atoms with Gasteiger partial charge in [0.1, 0.15) is 0 Å². The molecule has 0 saturated heterocycles. The maximum absolute atomic E-state index is 11.8. The SMILES string of the molecule is CCOC(=O)c1nnncc1CCO[Si](C)(C)C(C)(C)C. The van der Waals surface area contributed by atoms with Gasteiger partial charge in [0.2, 0.25) is 0 Å². The van der Waals surface area contributed by atoms with Crippen LogP contribution in [0.25, 0.3) is 0 Å². The lowest BCUT2D eigenvalue weighted by atomic mass is 10.2. The standard InChI is InChI=1S/C14H25N3O3Si/c1-7-19-13(18)12-11(10-15-17-16-12)8-9-20-21(5,6)14(2,3)4/h10H,7-9H2,1-6H3. The van der Waals surface area contributed by atoms with E-state index in [0.717, 1.165) is 0 Å². The number of esters is 1. The summed E-state index contributed by atoms with van der Waals surface area (Å²) in [6, 6.07) is 0. The topological polar surface area (TPSA) is 74.2 Å².